The lowest BCUT2D eigenvalue weighted by atomic mass is 9.95. The molecule has 0 saturated carbocycles. The van der Waals surface area contributed by atoms with Crippen molar-refractivity contribution in [2.45, 2.75) is 25.7 Å². The minimum absolute atomic E-state index is 0.0521. The zero-order valence-corrected chi connectivity index (χ0v) is 14.1. The molecule has 1 atom stereocenters. The molecule has 25 heavy (non-hydrogen) atoms. The standard InChI is InChI=1S/C20H20N2O3/c1-24-18-7-3-5-15-16-12-13(4-2-6-17(16)25-19(15)18)20(23)22-14-8-10-21-11-9-14/h3,5,7-11,13H,2,4,6,12H2,1H3,(H,21,22,23). The summed E-state index contributed by atoms with van der Waals surface area (Å²) in [6, 6.07) is 9.52. The fourth-order valence-electron chi connectivity index (χ4n) is 3.54. The van der Waals surface area contributed by atoms with E-state index in [1.54, 1.807) is 31.6 Å². The maximum absolute atomic E-state index is 12.7. The van der Waals surface area contributed by atoms with E-state index in [2.05, 4.69) is 10.3 Å². The minimum atomic E-state index is -0.0681. The van der Waals surface area contributed by atoms with Gasteiger partial charge in [-0.2, -0.15) is 0 Å². The summed E-state index contributed by atoms with van der Waals surface area (Å²) in [7, 11) is 1.65. The number of amides is 1. The van der Waals surface area contributed by atoms with Crippen LogP contribution in [0, 0.1) is 5.92 Å². The van der Waals surface area contributed by atoms with Crippen LogP contribution in [-0.2, 0) is 17.6 Å². The second-order valence-corrected chi connectivity index (χ2v) is 6.36. The number of ether oxygens (including phenoxy) is 1. The number of carbonyl (C=O) groups excluding carboxylic acids is 1. The first-order valence-corrected chi connectivity index (χ1v) is 8.54. The molecule has 2 heterocycles. The van der Waals surface area contributed by atoms with Crippen molar-refractivity contribution < 1.29 is 13.9 Å². The summed E-state index contributed by atoms with van der Waals surface area (Å²) >= 11 is 0. The molecule has 1 aliphatic carbocycles. The molecule has 5 heteroatoms. The molecule has 1 aromatic carbocycles. The Hall–Kier alpha value is -2.82. The summed E-state index contributed by atoms with van der Waals surface area (Å²) in [6.45, 7) is 0. The van der Waals surface area contributed by atoms with Crippen LogP contribution >= 0.6 is 0 Å². The number of carbonyl (C=O) groups is 1. The van der Waals surface area contributed by atoms with Gasteiger partial charge in [-0.25, -0.2) is 0 Å². The zero-order valence-electron chi connectivity index (χ0n) is 14.1. The smallest absolute Gasteiger partial charge is 0.227 e. The molecule has 1 aliphatic rings. The first kappa shape index (κ1) is 15.7. The molecule has 0 radical (unpaired) electrons. The number of hydrogen-bond acceptors (Lipinski definition) is 4. The number of anilines is 1. The van der Waals surface area contributed by atoms with Crippen molar-refractivity contribution in [3.63, 3.8) is 0 Å². The van der Waals surface area contributed by atoms with Crippen LogP contribution in [0.2, 0.25) is 0 Å². The summed E-state index contributed by atoms with van der Waals surface area (Å²) in [5.74, 6) is 1.71. The van der Waals surface area contributed by atoms with Crippen molar-refractivity contribution in [3.05, 3.63) is 54.0 Å². The third-order valence-electron chi connectivity index (χ3n) is 4.81. The largest absolute Gasteiger partial charge is 0.493 e. The molecule has 3 aromatic rings. The summed E-state index contributed by atoms with van der Waals surface area (Å²) in [6.07, 6.45) is 6.68. The van der Waals surface area contributed by atoms with E-state index in [0.29, 0.717) is 6.42 Å². The number of pyridine rings is 1. The number of aryl methyl sites for hydroxylation is 1. The molecular formula is C20H20N2O3. The van der Waals surface area contributed by atoms with E-state index in [4.69, 9.17) is 9.15 Å². The van der Waals surface area contributed by atoms with Crippen molar-refractivity contribution in [1.29, 1.82) is 0 Å². The predicted molar refractivity (Wildman–Crippen MR) is 95.8 cm³/mol. The van der Waals surface area contributed by atoms with Crippen LogP contribution in [0.25, 0.3) is 11.0 Å². The number of nitrogens with one attached hydrogen (secondary N) is 1. The van der Waals surface area contributed by atoms with Crippen LogP contribution in [0.1, 0.15) is 24.2 Å². The van der Waals surface area contributed by atoms with Crippen molar-refractivity contribution >= 4 is 22.6 Å². The molecular weight excluding hydrogens is 316 g/mol. The number of methoxy groups -OCH3 is 1. The molecule has 2 aromatic heterocycles. The molecule has 0 saturated heterocycles. The van der Waals surface area contributed by atoms with Gasteiger partial charge in [0.1, 0.15) is 5.76 Å². The highest BCUT2D eigenvalue weighted by Crippen LogP contribution is 2.37. The van der Waals surface area contributed by atoms with Gasteiger partial charge in [-0.1, -0.05) is 12.1 Å². The van der Waals surface area contributed by atoms with Gasteiger partial charge in [0.15, 0.2) is 11.3 Å². The first-order chi connectivity index (χ1) is 12.3. The molecule has 1 amide bonds. The SMILES string of the molecule is COc1cccc2c3c(oc12)CCCC(C(=O)Nc1ccncc1)C3. The molecule has 128 valence electrons. The Morgan fingerprint density at radius 1 is 1.28 bits per heavy atom. The highest BCUT2D eigenvalue weighted by atomic mass is 16.5. The fourth-order valence-corrected chi connectivity index (χ4v) is 3.54. The number of furan rings is 1. The van der Waals surface area contributed by atoms with Crippen molar-refractivity contribution in [2.24, 2.45) is 5.92 Å². The van der Waals surface area contributed by atoms with Gasteiger partial charge in [-0.05, 0) is 37.5 Å². The van der Waals surface area contributed by atoms with E-state index in [1.165, 1.54) is 0 Å². The molecule has 5 nitrogen and oxygen atoms in total. The molecule has 1 unspecified atom stereocenters. The second-order valence-electron chi connectivity index (χ2n) is 6.36. The number of nitrogens with zero attached hydrogens (tertiary/aromatic N) is 1. The maximum atomic E-state index is 12.7. The van der Waals surface area contributed by atoms with E-state index in [9.17, 15) is 4.79 Å². The lowest BCUT2D eigenvalue weighted by Gasteiger charge is -2.14. The summed E-state index contributed by atoms with van der Waals surface area (Å²) < 4.78 is 11.5. The number of hydrogen-bond donors (Lipinski definition) is 1. The van der Waals surface area contributed by atoms with Gasteiger partial charge in [-0.15, -0.1) is 0 Å². The third-order valence-corrected chi connectivity index (χ3v) is 4.81. The van der Waals surface area contributed by atoms with Crippen molar-refractivity contribution in [1.82, 2.24) is 4.98 Å². The molecule has 4 rings (SSSR count). The highest BCUT2D eigenvalue weighted by molar-refractivity contribution is 5.94. The summed E-state index contributed by atoms with van der Waals surface area (Å²) in [4.78, 5) is 16.7. The average Bonchev–Trinajstić information content (AvgIpc) is 2.85. The summed E-state index contributed by atoms with van der Waals surface area (Å²) in [5, 5.41) is 4.05. The quantitative estimate of drug-likeness (QED) is 0.735. The summed E-state index contributed by atoms with van der Waals surface area (Å²) in [5.41, 5.74) is 2.70. The lowest BCUT2D eigenvalue weighted by molar-refractivity contribution is -0.120. The van der Waals surface area contributed by atoms with Gasteiger partial charge in [0.25, 0.3) is 0 Å². The van der Waals surface area contributed by atoms with Gasteiger partial charge in [-0.3, -0.25) is 9.78 Å². The normalized spacial score (nSPS) is 16.9. The van der Waals surface area contributed by atoms with Crippen molar-refractivity contribution in [2.75, 3.05) is 12.4 Å². The van der Waals surface area contributed by atoms with Crippen LogP contribution in [0.15, 0.2) is 47.1 Å². The maximum Gasteiger partial charge on any atom is 0.227 e. The topological polar surface area (TPSA) is 64.4 Å². The highest BCUT2D eigenvalue weighted by Gasteiger charge is 2.27. The van der Waals surface area contributed by atoms with Crippen LogP contribution < -0.4 is 10.1 Å². The molecule has 0 spiro atoms. The Bertz CT molecular complexity index is 902. The molecule has 0 fully saturated rings. The van der Waals surface area contributed by atoms with Gasteiger partial charge < -0.3 is 14.5 Å². The van der Waals surface area contributed by atoms with E-state index < -0.39 is 0 Å². The lowest BCUT2D eigenvalue weighted by Crippen LogP contribution is -2.24. The number of rotatable bonds is 3. The number of fused-ring (bicyclic) bond motifs is 3. The Balaban J connectivity index is 1.63. The van der Waals surface area contributed by atoms with Gasteiger partial charge in [0, 0.05) is 41.4 Å². The van der Waals surface area contributed by atoms with Crippen LogP contribution in [0.3, 0.4) is 0 Å². The van der Waals surface area contributed by atoms with E-state index in [-0.39, 0.29) is 11.8 Å². The fraction of sp³-hybridized carbons (Fsp3) is 0.300. The van der Waals surface area contributed by atoms with Crippen LogP contribution in [0.4, 0.5) is 5.69 Å². The van der Waals surface area contributed by atoms with E-state index in [1.807, 2.05) is 18.2 Å². The second kappa shape index (κ2) is 6.59. The Morgan fingerprint density at radius 2 is 2.12 bits per heavy atom. The Morgan fingerprint density at radius 3 is 2.92 bits per heavy atom. The van der Waals surface area contributed by atoms with Gasteiger partial charge in [0.05, 0.1) is 7.11 Å². The molecule has 1 N–H and O–H groups in total. The van der Waals surface area contributed by atoms with Crippen LogP contribution in [-0.4, -0.2) is 18.0 Å². The third kappa shape index (κ3) is 2.97. The molecule has 0 bridgehead atoms. The van der Waals surface area contributed by atoms with Crippen molar-refractivity contribution in [3.8, 4) is 5.75 Å². The Kier molecular flexibility index (Phi) is 4.14. The number of benzene rings is 1. The van der Waals surface area contributed by atoms with E-state index in [0.717, 1.165) is 53.0 Å². The number of aromatic nitrogens is 1. The predicted octanol–water partition coefficient (Wildman–Crippen LogP) is 3.97. The molecule has 0 aliphatic heterocycles. The first-order valence-electron chi connectivity index (χ1n) is 8.54. The number of para-hydroxylation sites is 1. The monoisotopic (exact) mass is 336 g/mol. The Labute approximate surface area is 146 Å². The minimum Gasteiger partial charge on any atom is -0.493 e. The zero-order chi connectivity index (χ0) is 17.2. The average molecular weight is 336 g/mol. The van der Waals surface area contributed by atoms with Gasteiger partial charge >= 0.3 is 0 Å². The van der Waals surface area contributed by atoms with Gasteiger partial charge in [0.2, 0.25) is 5.91 Å². The van der Waals surface area contributed by atoms with Crippen LogP contribution in [0.5, 0.6) is 5.75 Å². The van der Waals surface area contributed by atoms with E-state index >= 15 is 0 Å².